The minimum Gasteiger partial charge on any atom is -0.342 e. The second-order valence-electron chi connectivity index (χ2n) is 5.20. The van der Waals surface area contributed by atoms with Gasteiger partial charge in [-0.3, -0.25) is 9.59 Å². The second kappa shape index (κ2) is 5.04. The van der Waals surface area contributed by atoms with Crippen LogP contribution in [0.25, 0.3) is 0 Å². The molecule has 0 saturated carbocycles. The zero-order valence-corrected chi connectivity index (χ0v) is 11.2. The van der Waals surface area contributed by atoms with Crippen LogP contribution in [0.2, 0.25) is 0 Å². The van der Waals surface area contributed by atoms with Gasteiger partial charge in [-0.05, 0) is 20.3 Å². The molecule has 1 atom stereocenters. The van der Waals surface area contributed by atoms with Gasteiger partial charge >= 0.3 is 0 Å². The van der Waals surface area contributed by atoms with Gasteiger partial charge in [0.15, 0.2) is 0 Å². The number of nitrogens with two attached hydrogens (primary N) is 1. The van der Waals surface area contributed by atoms with Gasteiger partial charge in [-0.25, -0.2) is 0 Å². The van der Waals surface area contributed by atoms with Crippen molar-refractivity contribution in [3.8, 4) is 0 Å². The maximum atomic E-state index is 12.1. The number of hydrogen-bond donors (Lipinski definition) is 1. The predicted molar refractivity (Wildman–Crippen MR) is 66.3 cm³/mol. The number of hydrogen-bond acceptors (Lipinski definition) is 3. The smallest absolute Gasteiger partial charge is 0.247 e. The fraction of sp³-hybridized carbons (Fsp3) is 0.833. The summed E-state index contributed by atoms with van der Waals surface area (Å²) in [5, 5.41) is 0. The first-order chi connectivity index (χ1) is 7.80. The summed E-state index contributed by atoms with van der Waals surface area (Å²) in [6.07, 6.45) is 1.09. The molecule has 5 heteroatoms. The van der Waals surface area contributed by atoms with Crippen LogP contribution in [-0.2, 0) is 9.59 Å². The lowest BCUT2D eigenvalue weighted by molar-refractivity contribution is -0.157. The van der Waals surface area contributed by atoms with Gasteiger partial charge in [-0.2, -0.15) is 0 Å². The molecule has 0 aromatic carbocycles. The van der Waals surface area contributed by atoms with Gasteiger partial charge < -0.3 is 15.5 Å². The lowest BCUT2D eigenvalue weighted by atomic mass is 9.96. The van der Waals surface area contributed by atoms with Gasteiger partial charge in [0.1, 0.15) is 5.54 Å². The fourth-order valence-corrected chi connectivity index (χ4v) is 2.13. The Bertz CT molecular complexity index is 315. The Labute approximate surface area is 103 Å². The van der Waals surface area contributed by atoms with E-state index in [0.717, 1.165) is 6.42 Å². The molecule has 0 aromatic heterocycles. The molecule has 0 spiro atoms. The van der Waals surface area contributed by atoms with E-state index in [1.165, 1.54) is 0 Å². The Hall–Kier alpha value is -1.10. The molecule has 2 amide bonds. The summed E-state index contributed by atoms with van der Waals surface area (Å²) in [6, 6.07) is -0.118. The van der Waals surface area contributed by atoms with Crippen LogP contribution in [0.15, 0.2) is 0 Å². The van der Waals surface area contributed by atoms with Crippen molar-refractivity contribution >= 4 is 11.8 Å². The molecular formula is C12H23N3O2. The maximum absolute atomic E-state index is 12.1. The molecule has 1 heterocycles. The van der Waals surface area contributed by atoms with Crippen molar-refractivity contribution in [1.82, 2.24) is 9.80 Å². The molecule has 2 N–H and O–H groups in total. The van der Waals surface area contributed by atoms with E-state index in [1.54, 1.807) is 30.7 Å². The first-order valence-corrected chi connectivity index (χ1v) is 6.12. The van der Waals surface area contributed by atoms with Crippen LogP contribution in [0.1, 0.15) is 33.6 Å². The number of nitrogens with zero attached hydrogens (tertiary/aromatic N) is 2. The molecule has 1 fully saturated rings. The van der Waals surface area contributed by atoms with Gasteiger partial charge in [-0.15, -0.1) is 0 Å². The highest BCUT2D eigenvalue weighted by molar-refractivity contribution is 5.91. The zero-order chi connectivity index (χ0) is 13.2. The normalized spacial score (nSPS) is 21.6. The Balaban J connectivity index is 2.77. The number of piperazine rings is 1. The number of amides is 2. The molecule has 1 rings (SSSR count). The van der Waals surface area contributed by atoms with Crippen molar-refractivity contribution in [3.63, 3.8) is 0 Å². The SMILES string of the molecule is CCC(N)CC(=O)N1CCN(C)C(=O)C1(C)C. The van der Waals surface area contributed by atoms with E-state index in [2.05, 4.69) is 0 Å². The molecule has 0 radical (unpaired) electrons. The van der Waals surface area contributed by atoms with Crippen molar-refractivity contribution in [2.45, 2.75) is 45.2 Å². The van der Waals surface area contributed by atoms with E-state index in [-0.39, 0.29) is 17.9 Å². The van der Waals surface area contributed by atoms with Crippen LogP contribution in [0.3, 0.4) is 0 Å². The molecule has 0 aliphatic carbocycles. The number of carbonyl (C=O) groups is 2. The van der Waals surface area contributed by atoms with Crippen LogP contribution in [0.5, 0.6) is 0 Å². The van der Waals surface area contributed by atoms with Crippen molar-refractivity contribution < 1.29 is 9.59 Å². The van der Waals surface area contributed by atoms with E-state index in [4.69, 9.17) is 5.73 Å². The molecule has 0 aromatic rings. The number of likely N-dealkylation sites (N-methyl/N-ethyl adjacent to an activating group) is 1. The zero-order valence-electron chi connectivity index (χ0n) is 11.2. The van der Waals surface area contributed by atoms with Crippen LogP contribution < -0.4 is 5.73 Å². The minimum absolute atomic E-state index is 0.0119. The van der Waals surface area contributed by atoms with Gasteiger partial charge in [-0.1, -0.05) is 6.92 Å². The van der Waals surface area contributed by atoms with E-state index < -0.39 is 5.54 Å². The third-order valence-corrected chi connectivity index (χ3v) is 3.47. The van der Waals surface area contributed by atoms with Crippen molar-refractivity contribution in [2.75, 3.05) is 20.1 Å². The molecule has 1 saturated heterocycles. The number of carbonyl (C=O) groups excluding carboxylic acids is 2. The van der Waals surface area contributed by atoms with Crippen molar-refractivity contribution in [1.29, 1.82) is 0 Å². The van der Waals surface area contributed by atoms with Crippen LogP contribution in [0.4, 0.5) is 0 Å². The van der Waals surface area contributed by atoms with Gasteiger partial charge in [0, 0.05) is 32.6 Å². The Morgan fingerprint density at radius 3 is 2.59 bits per heavy atom. The molecule has 5 nitrogen and oxygen atoms in total. The summed E-state index contributed by atoms with van der Waals surface area (Å²) < 4.78 is 0. The predicted octanol–water partition coefficient (Wildman–Crippen LogP) is 0.193. The molecule has 1 unspecified atom stereocenters. The molecular weight excluding hydrogens is 218 g/mol. The van der Waals surface area contributed by atoms with Gasteiger partial charge in [0.05, 0.1) is 0 Å². The molecule has 1 aliphatic rings. The average molecular weight is 241 g/mol. The largest absolute Gasteiger partial charge is 0.342 e. The average Bonchev–Trinajstić information content (AvgIpc) is 2.25. The summed E-state index contributed by atoms with van der Waals surface area (Å²) in [5.74, 6) is -0.0343. The van der Waals surface area contributed by atoms with Crippen molar-refractivity contribution in [3.05, 3.63) is 0 Å². The Kier molecular flexibility index (Phi) is 4.14. The van der Waals surface area contributed by atoms with E-state index in [1.807, 2.05) is 6.92 Å². The summed E-state index contributed by atoms with van der Waals surface area (Å²) in [5.41, 5.74) is 5.04. The van der Waals surface area contributed by atoms with E-state index in [0.29, 0.717) is 19.5 Å². The van der Waals surface area contributed by atoms with Crippen LogP contribution in [0, 0.1) is 0 Å². The first kappa shape index (κ1) is 14.0. The van der Waals surface area contributed by atoms with E-state index >= 15 is 0 Å². The van der Waals surface area contributed by atoms with Crippen LogP contribution in [-0.4, -0.2) is 53.3 Å². The monoisotopic (exact) mass is 241 g/mol. The summed E-state index contributed by atoms with van der Waals surface area (Å²) >= 11 is 0. The lowest BCUT2D eigenvalue weighted by Gasteiger charge is -2.45. The highest BCUT2D eigenvalue weighted by Crippen LogP contribution is 2.22. The quantitative estimate of drug-likeness (QED) is 0.767. The third kappa shape index (κ3) is 2.77. The second-order valence-corrected chi connectivity index (χ2v) is 5.20. The fourth-order valence-electron chi connectivity index (χ4n) is 2.13. The molecule has 98 valence electrons. The lowest BCUT2D eigenvalue weighted by Crippen LogP contribution is -2.64. The summed E-state index contributed by atoms with van der Waals surface area (Å²) in [4.78, 5) is 27.5. The minimum atomic E-state index is -0.752. The van der Waals surface area contributed by atoms with E-state index in [9.17, 15) is 9.59 Å². The molecule has 17 heavy (non-hydrogen) atoms. The maximum Gasteiger partial charge on any atom is 0.247 e. The Morgan fingerprint density at radius 1 is 1.47 bits per heavy atom. The Morgan fingerprint density at radius 2 is 2.06 bits per heavy atom. The standard InChI is InChI=1S/C12H23N3O2/c1-5-9(13)8-10(16)15-7-6-14(4)11(17)12(15,2)3/h9H,5-8,13H2,1-4H3. The van der Waals surface area contributed by atoms with Crippen LogP contribution >= 0.6 is 0 Å². The third-order valence-electron chi connectivity index (χ3n) is 3.47. The van der Waals surface area contributed by atoms with Gasteiger partial charge in [0.2, 0.25) is 11.8 Å². The summed E-state index contributed by atoms with van der Waals surface area (Å²) in [6.45, 7) is 6.72. The highest BCUT2D eigenvalue weighted by atomic mass is 16.2. The topological polar surface area (TPSA) is 66.6 Å². The summed E-state index contributed by atoms with van der Waals surface area (Å²) in [7, 11) is 1.77. The van der Waals surface area contributed by atoms with Gasteiger partial charge in [0.25, 0.3) is 0 Å². The first-order valence-electron chi connectivity index (χ1n) is 6.12. The van der Waals surface area contributed by atoms with Crippen molar-refractivity contribution in [2.24, 2.45) is 5.73 Å². The number of rotatable bonds is 3. The molecule has 0 bridgehead atoms. The molecule has 1 aliphatic heterocycles. The highest BCUT2D eigenvalue weighted by Gasteiger charge is 2.42.